The minimum Gasteiger partial charge on any atom is -0.495 e. The number of rotatable bonds is 9. The van der Waals surface area contributed by atoms with Gasteiger partial charge in [0.05, 0.1) is 36.7 Å². The van der Waals surface area contributed by atoms with Gasteiger partial charge in [-0.05, 0) is 42.3 Å². The summed E-state index contributed by atoms with van der Waals surface area (Å²) in [6.45, 7) is 1.89. The van der Waals surface area contributed by atoms with E-state index in [2.05, 4.69) is 16.5 Å². The molecule has 10 nitrogen and oxygen atoms in total. The first-order valence-corrected chi connectivity index (χ1v) is 13.7. The second kappa shape index (κ2) is 12.6. The number of nitrogens with one attached hydrogen (secondary N) is 1. The van der Waals surface area contributed by atoms with E-state index in [1.54, 1.807) is 43.5 Å². The second-order valence-corrected chi connectivity index (χ2v) is 10.0. The molecule has 0 saturated heterocycles. The van der Waals surface area contributed by atoms with Gasteiger partial charge in [-0.2, -0.15) is 10.4 Å². The number of esters is 1. The Bertz CT molecular complexity index is 1930. The quantitative estimate of drug-likeness (QED) is 0.218. The molecule has 5 aromatic rings. The van der Waals surface area contributed by atoms with Crippen LogP contribution >= 0.6 is 11.6 Å². The Balaban J connectivity index is 1.40. The summed E-state index contributed by atoms with van der Waals surface area (Å²) in [4.78, 5) is 39.6. The van der Waals surface area contributed by atoms with E-state index in [9.17, 15) is 19.6 Å². The highest BCUT2D eigenvalue weighted by Gasteiger charge is 2.23. The molecule has 0 bridgehead atoms. The molecule has 1 unspecified atom stereocenters. The highest BCUT2D eigenvalue weighted by atomic mass is 35.5. The van der Waals surface area contributed by atoms with E-state index < -0.39 is 23.5 Å². The van der Waals surface area contributed by atoms with Crippen molar-refractivity contribution < 1.29 is 19.1 Å². The van der Waals surface area contributed by atoms with Crippen LogP contribution in [0, 0.1) is 11.3 Å². The monoisotopic (exact) mass is 595 g/mol. The molecule has 0 spiro atoms. The van der Waals surface area contributed by atoms with Gasteiger partial charge in [0.25, 0.3) is 5.56 Å². The molecule has 0 radical (unpaired) electrons. The van der Waals surface area contributed by atoms with E-state index in [1.807, 2.05) is 30.3 Å². The number of nitrogens with zero attached hydrogens (tertiary/aromatic N) is 4. The summed E-state index contributed by atoms with van der Waals surface area (Å²) in [6, 6.07) is 19.9. The molecule has 2 aromatic carbocycles. The fraction of sp³-hybridized carbons (Fsp3) is 0.156. The van der Waals surface area contributed by atoms with E-state index in [4.69, 9.17) is 21.1 Å². The molecule has 216 valence electrons. The number of nitriles is 1. The maximum Gasteiger partial charge on any atom is 0.342 e. The summed E-state index contributed by atoms with van der Waals surface area (Å²) >= 11 is 6.16. The van der Waals surface area contributed by atoms with E-state index in [0.717, 1.165) is 5.56 Å². The van der Waals surface area contributed by atoms with Crippen molar-refractivity contribution in [2.24, 2.45) is 0 Å². The van der Waals surface area contributed by atoms with Gasteiger partial charge in [-0.3, -0.25) is 14.2 Å². The molecule has 43 heavy (non-hydrogen) atoms. The fourth-order valence-electron chi connectivity index (χ4n) is 4.73. The first-order chi connectivity index (χ1) is 20.8. The maximum absolute atomic E-state index is 13.5. The van der Waals surface area contributed by atoms with E-state index in [0.29, 0.717) is 45.1 Å². The maximum atomic E-state index is 13.5. The third kappa shape index (κ3) is 6.12. The van der Waals surface area contributed by atoms with Crippen LogP contribution in [0.25, 0.3) is 16.6 Å². The first kappa shape index (κ1) is 29.1. The zero-order valence-corrected chi connectivity index (χ0v) is 24.0. The number of ether oxygens (including phenoxy) is 2. The molecule has 0 aliphatic carbocycles. The second-order valence-electron chi connectivity index (χ2n) is 9.58. The van der Waals surface area contributed by atoms with Gasteiger partial charge >= 0.3 is 5.97 Å². The number of anilines is 1. The Hall–Kier alpha value is -5.40. The Morgan fingerprint density at radius 2 is 1.88 bits per heavy atom. The van der Waals surface area contributed by atoms with E-state index >= 15 is 0 Å². The summed E-state index contributed by atoms with van der Waals surface area (Å²) < 4.78 is 13.8. The molecule has 0 fully saturated rings. The molecule has 1 N–H and O–H groups in total. The minimum absolute atomic E-state index is 0.109. The lowest BCUT2D eigenvalue weighted by molar-refractivity contribution is -0.119. The van der Waals surface area contributed by atoms with Gasteiger partial charge < -0.3 is 14.8 Å². The number of fused-ring (bicyclic) bond motifs is 1. The zero-order valence-electron chi connectivity index (χ0n) is 23.3. The van der Waals surface area contributed by atoms with Gasteiger partial charge in [0, 0.05) is 34.1 Å². The number of aromatic nitrogens is 3. The van der Waals surface area contributed by atoms with Crippen LogP contribution in [-0.2, 0) is 16.1 Å². The summed E-state index contributed by atoms with van der Waals surface area (Å²) in [5.41, 5.74) is 2.64. The van der Waals surface area contributed by atoms with Gasteiger partial charge in [-0.25, -0.2) is 9.31 Å². The van der Waals surface area contributed by atoms with Gasteiger partial charge in [0.15, 0.2) is 0 Å². The van der Waals surface area contributed by atoms with Crippen LogP contribution in [0.1, 0.15) is 40.9 Å². The molecule has 3 heterocycles. The van der Waals surface area contributed by atoms with Crippen molar-refractivity contribution in [1.29, 1.82) is 5.26 Å². The van der Waals surface area contributed by atoms with Crippen molar-refractivity contribution in [3.63, 3.8) is 0 Å². The first-order valence-electron chi connectivity index (χ1n) is 13.3. The number of benzene rings is 2. The van der Waals surface area contributed by atoms with Crippen molar-refractivity contribution in [3.05, 3.63) is 117 Å². The lowest BCUT2D eigenvalue weighted by atomic mass is 10.00. The summed E-state index contributed by atoms with van der Waals surface area (Å²) in [5, 5.41) is 17.0. The minimum atomic E-state index is -0.887. The Morgan fingerprint density at radius 3 is 2.60 bits per heavy atom. The van der Waals surface area contributed by atoms with Crippen molar-refractivity contribution >= 4 is 34.7 Å². The van der Waals surface area contributed by atoms with Crippen LogP contribution in [0.4, 0.5) is 5.69 Å². The summed E-state index contributed by atoms with van der Waals surface area (Å²) in [6.07, 6.45) is 4.77. The van der Waals surface area contributed by atoms with Crippen molar-refractivity contribution in [2.45, 2.75) is 26.0 Å². The molecule has 3 aromatic heterocycles. The molecule has 0 saturated carbocycles. The average Bonchev–Trinajstić information content (AvgIpc) is 3.44. The van der Waals surface area contributed by atoms with E-state index in [1.165, 1.54) is 34.7 Å². The Morgan fingerprint density at radius 1 is 1.09 bits per heavy atom. The number of hydrogen-bond acceptors (Lipinski definition) is 7. The average molecular weight is 596 g/mol. The zero-order chi connectivity index (χ0) is 30.5. The van der Waals surface area contributed by atoms with Gasteiger partial charge in [0.2, 0.25) is 5.91 Å². The summed E-state index contributed by atoms with van der Waals surface area (Å²) in [5.74, 6) is -0.701. The highest BCUT2D eigenvalue weighted by Crippen LogP contribution is 2.33. The molecule has 11 heteroatoms. The van der Waals surface area contributed by atoms with Crippen LogP contribution in [0.3, 0.4) is 0 Å². The smallest absolute Gasteiger partial charge is 0.342 e. The fourth-order valence-corrected chi connectivity index (χ4v) is 4.90. The number of carbonyl (C=O) groups excluding carboxylic acids is 2. The predicted molar refractivity (Wildman–Crippen MR) is 161 cm³/mol. The van der Waals surface area contributed by atoms with E-state index in [-0.39, 0.29) is 12.2 Å². The van der Waals surface area contributed by atoms with Crippen molar-refractivity contribution in [1.82, 2.24) is 14.2 Å². The predicted octanol–water partition coefficient (Wildman–Crippen LogP) is 5.64. The Labute approximate surface area is 251 Å². The third-order valence-electron chi connectivity index (χ3n) is 6.90. The molecule has 0 aliphatic heterocycles. The molecule has 1 amide bonds. The molecule has 5 rings (SSSR count). The van der Waals surface area contributed by atoms with Crippen molar-refractivity contribution in [2.75, 3.05) is 12.4 Å². The number of hydrogen-bond donors (Lipinski definition) is 1. The number of pyridine rings is 2. The molecule has 1 atom stereocenters. The van der Waals surface area contributed by atoms with Gasteiger partial charge in [0.1, 0.15) is 24.0 Å². The topological polar surface area (TPSA) is 128 Å². The van der Waals surface area contributed by atoms with Crippen molar-refractivity contribution in [3.8, 4) is 22.9 Å². The largest absolute Gasteiger partial charge is 0.495 e. The van der Waals surface area contributed by atoms with Gasteiger partial charge in [-0.1, -0.05) is 48.9 Å². The Kier molecular flexibility index (Phi) is 8.55. The normalized spacial score (nSPS) is 11.5. The lowest BCUT2D eigenvalue weighted by Gasteiger charge is -2.20. The molecular weight excluding hydrogens is 570 g/mol. The standard InChI is InChI=1S/C32H26ClN5O5/c1-3-27(37-18-29(42-2)25(15-30(37)39)24-13-22(33)10-9-21(24)16-34)31(40)36-23-11-12-38-28(14-23)26(17-35-38)32(41)43-19-20-7-5-4-6-8-20/h4-15,17-18,27H,3,19H2,1-2H3,(H,36,40). The molecule has 0 aliphatic rings. The van der Waals surface area contributed by atoms with Crippen LogP contribution < -0.4 is 15.6 Å². The highest BCUT2D eigenvalue weighted by molar-refractivity contribution is 6.31. The SMILES string of the molecule is CCC(C(=O)Nc1ccn2ncc(C(=O)OCc3ccccc3)c2c1)n1cc(OC)c(-c2cc(Cl)ccc2C#N)cc1=O. The van der Waals surface area contributed by atoms with Crippen LogP contribution in [0.2, 0.25) is 5.02 Å². The number of carbonyl (C=O) groups is 2. The van der Waals surface area contributed by atoms with Crippen LogP contribution in [0.15, 0.2) is 90.1 Å². The summed E-state index contributed by atoms with van der Waals surface area (Å²) in [7, 11) is 1.44. The van der Waals surface area contributed by atoms with Gasteiger partial charge in [-0.15, -0.1) is 0 Å². The number of halogens is 1. The number of amides is 1. The lowest BCUT2D eigenvalue weighted by Crippen LogP contribution is -2.32. The molecular formula is C32H26ClN5O5. The van der Waals surface area contributed by atoms with Crippen LogP contribution in [0.5, 0.6) is 5.75 Å². The third-order valence-corrected chi connectivity index (χ3v) is 7.14. The van der Waals surface area contributed by atoms with Crippen LogP contribution in [-0.4, -0.2) is 33.2 Å². The number of methoxy groups -OCH3 is 1.